The highest BCUT2D eigenvalue weighted by molar-refractivity contribution is 6.30. The van der Waals surface area contributed by atoms with E-state index >= 15 is 0 Å². The lowest BCUT2D eigenvalue weighted by Crippen LogP contribution is -2.57. The van der Waals surface area contributed by atoms with E-state index in [2.05, 4.69) is 51.7 Å². The Kier molecular flexibility index (Phi) is 6.91. The SMILES string of the molecule is [C-]#[N+]c1ccc2c(n1)c(N1C[C@@H](C)N(C(c3ccc(Cl)cc3)c3ccc(C#N)cc3)C[C@@H]1C)cc(=O)n2C. The van der Waals surface area contributed by atoms with Crippen molar-refractivity contribution in [1.29, 1.82) is 5.26 Å². The maximum absolute atomic E-state index is 12.9. The molecule has 1 aliphatic rings. The van der Waals surface area contributed by atoms with E-state index in [4.69, 9.17) is 18.2 Å². The fourth-order valence-electron chi connectivity index (χ4n) is 5.39. The summed E-state index contributed by atoms with van der Waals surface area (Å²) in [5.41, 5.74) is 4.86. The minimum Gasteiger partial charge on any atom is -0.362 e. The molecule has 3 heterocycles. The molecule has 3 atom stereocenters. The fraction of sp³-hybridized carbons (Fsp3) is 0.267. The summed E-state index contributed by atoms with van der Waals surface area (Å²) >= 11 is 6.21. The average molecular weight is 523 g/mol. The number of hydrogen-bond acceptors (Lipinski definition) is 5. The number of piperazine rings is 1. The molecule has 8 heteroatoms. The molecule has 0 bridgehead atoms. The van der Waals surface area contributed by atoms with Gasteiger partial charge in [-0.2, -0.15) is 5.26 Å². The molecule has 1 fully saturated rings. The second kappa shape index (κ2) is 10.3. The van der Waals surface area contributed by atoms with E-state index in [1.54, 1.807) is 29.8 Å². The Hall–Kier alpha value is -4.17. The van der Waals surface area contributed by atoms with Gasteiger partial charge in [-0.15, -0.1) is 4.98 Å². The number of benzene rings is 2. The number of anilines is 1. The van der Waals surface area contributed by atoms with Crippen LogP contribution < -0.4 is 10.5 Å². The summed E-state index contributed by atoms with van der Waals surface area (Å²) in [6.45, 7) is 13.2. The molecule has 0 radical (unpaired) electrons. The summed E-state index contributed by atoms with van der Waals surface area (Å²) in [6.07, 6.45) is 0. The highest BCUT2D eigenvalue weighted by Gasteiger charge is 2.36. The molecule has 0 amide bonds. The van der Waals surface area contributed by atoms with E-state index in [0.717, 1.165) is 23.4 Å². The summed E-state index contributed by atoms with van der Waals surface area (Å²) in [6, 6.07) is 23.1. The second-order valence-corrected chi connectivity index (χ2v) is 10.2. The van der Waals surface area contributed by atoms with Crippen LogP contribution in [0.4, 0.5) is 11.5 Å². The fourth-order valence-corrected chi connectivity index (χ4v) is 5.52. The van der Waals surface area contributed by atoms with Crippen LogP contribution in [-0.2, 0) is 7.05 Å². The van der Waals surface area contributed by atoms with Crippen LogP contribution >= 0.6 is 11.6 Å². The third-order valence-electron chi connectivity index (χ3n) is 7.39. The van der Waals surface area contributed by atoms with Crippen LogP contribution in [0.2, 0.25) is 5.02 Å². The molecule has 1 aliphatic heterocycles. The van der Waals surface area contributed by atoms with Crippen molar-refractivity contribution in [3.05, 3.63) is 110 Å². The van der Waals surface area contributed by atoms with Gasteiger partial charge in [0.25, 0.3) is 11.4 Å². The van der Waals surface area contributed by atoms with Crippen LogP contribution in [0.25, 0.3) is 15.9 Å². The van der Waals surface area contributed by atoms with E-state index in [0.29, 0.717) is 34.0 Å². The Bertz CT molecular complexity index is 1630. The van der Waals surface area contributed by atoms with Gasteiger partial charge in [-0.3, -0.25) is 9.69 Å². The number of halogens is 1. The van der Waals surface area contributed by atoms with Crippen LogP contribution in [-0.4, -0.2) is 39.6 Å². The second-order valence-electron chi connectivity index (χ2n) is 9.81. The lowest BCUT2D eigenvalue weighted by molar-refractivity contribution is 0.130. The number of pyridine rings is 2. The van der Waals surface area contributed by atoms with Crippen molar-refractivity contribution < 1.29 is 0 Å². The molecule has 0 spiro atoms. The number of aromatic nitrogens is 2. The van der Waals surface area contributed by atoms with E-state index in [9.17, 15) is 10.1 Å². The summed E-state index contributed by atoms with van der Waals surface area (Å²) in [5.74, 6) is 0.306. The maximum Gasteiger partial charge on any atom is 0.270 e. The van der Waals surface area contributed by atoms with Crippen LogP contribution in [0.5, 0.6) is 0 Å². The first-order valence-electron chi connectivity index (χ1n) is 12.5. The first-order chi connectivity index (χ1) is 18.3. The van der Waals surface area contributed by atoms with Gasteiger partial charge in [-0.25, -0.2) is 0 Å². The quantitative estimate of drug-likeness (QED) is 0.322. The van der Waals surface area contributed by atoms with E-state index in [-0.39, 0.29) is 23.7 Å². The zero-order chi connectivity index (χ0) is 27.0. The summed E-state index contributed by atoms with van der Waals surface area (Å²) in [5, 5.41) is 9.98. The highest BCUT2D eigenvalue weighted by atomic mass is 35.5. The van der Waals surface area contributed by atoms with E-state index in [1.807, 2.05) is 36.4 Å². The van der Waals surface area contributed by atoms with Crippen molar-refractivity contribution >= 4 is 34.1 Å². The summed E-state index contributed by atoms with van der Waals surface area (Å²) < 4.78 is 1.57. The Morgan fingerprint density at radius 1 is 1.03 bits per heavy atom. The molecular formula is C30H27ClN6O. The van der Waals surface area contributed by atoms with Crippen LogP contribution in [0, 0.1) is 17.9 Å². The largest absolute Gasteiger partial charge is 0.362 e. The third-order valence-corrected chi connectivity index (χ3v) is 7.64. The molecule has 7 nitrogen and oxygen atoms in total. The number of nitriles is 1. The van der Waals surface area contributed by atoms with E-state index in [1.165, 1.54) is 0 Å². The number of hydrogen-bond donors (Lipinski definition) is 0. The standard InChI is InChI=1S/C30H27ClN6O/c1-19-18-37(30(23-9-11-24(31)12-10-23)22-7-5-21(16-32)6-8-22)20(2)17-36(19)26-15-28(38)35(4)25-13-14-27(33-3)34-29(25)26/h5-15,19-20,30H,17-18H2,1-2,4H3/t19-,20+,30?/m0/s1. The van der Waals surface area contributed by atoms with Crippen molar-refractivity contribution in [1.82, 2.24) is 14.5 Å². The Morgan fingerprint density at radius 3 is 2.32 bits per heavy atom. The number of rotatable bonds is 4. The maximum atomic E-state index is 12.9. The summed E-state index contributed by atoms with van der Waals surface area (Å²) in [7, 11) is 1.73. The van der Waals surface area contributed by atoms with Gasteiger partial charge in [-0.05, 0) is 61.4 Å². The molecule has 2 aromatic heterocycles. The van der Waals surface area contributed by atoms with Gasteiger partial charge >= 0.3 is 0 Å². The van der Waals surface area contributed by atoms with Crippen molar-refractivity contribution in [3.63, 3.8) is 0 Å². The van der Waals surface area contributed by atoms with Crippen molar-refractivity contribution in [3.8, 4) is 6.07 Å². The third kappa shape index (κ3) is 4.63. The predicted octanol–water partition coefficient (Wildman–Crippen LogP) is 5.70. The lowest BCUT2D eigenvalue weighted by Gasteiger charge is -2.48. The van der Waals surface area contributed by atoms with Crippen molar-refractivity contribution in [2.45, 2.75) is 32.0 Å². The molecular weight excluding hydrogens is 496 g/mol. The first kappa shape index (κ1) is 25.5. The van der Waals surface area contributed by atoms with Gasteiger partial charge < -0.3 is 14.3 Å². The molecule has 0 N–H and O–H groups in total. The first-order valence-corrected chi connectivity index (χ1v) is 12.8. The van der Waals surface area contributed by atoms with Gasteiger partial charge in [0.2, 0.25) is 5.52 Å². The molecule has 0 saturated carbocycles. The Labute approximate surface area is 226 Å². The Balaban J connectivity index is 1.55. The van der Waals surface area contributed by atoms with Crippen molar-refractivity contribution in [2.24, 2.45) is 7.05 Å². The normalized spacial score (nSPS) is 18.6. The number of fused-ring (bicyclic) bond motifs is 1. The van der Waals surface area contributed by atoms with Gasteiger partial charge in [0.15, 0.2) is 0 Å². The minimum absolute atomic E-state index is 0.0353. The predicted molar refractivity (Wildman–Crippen MR) is 151 cm³/mol. The van der Waals surface area contributed by atoms with Crippen LogP contribution in [0.1, 0.15) is 36.6 Å². The van der Waals surface area contributed by atoms with Gasteiger partial charge in [0.1, 0.15) is 0 Å². The average Bonchev–Trinajstić information content (AvgIpc) is 2.93. The molecule has 4 aromatic rings. The Morgan fingerprint density at radius 2 is 1.68 bits per heavy atom. The van der Waals surface area contributed by atoms with Crippen molar-refractivity contribution in [2.75, 3.05) is 18.0 Å². The van der Waals surface area contributed by atoms with E-state index < -0.39 is 0 Å². The zero-order valence-corrected chi connectivity index (χ0v) is 22.2. The highest BCUT2D eigenvalue weighted by Crippen LogP contribution is 2.36. The monoisotopic (exact) mass is 522 g/mol. The topological polar surface area (TPSA) is 69.5 Å². The number of aryl methyl sites for hydroxylation is 1. The van der Waals surface area contributed by atoms with Gasteiger partial charge in [0.05, 0.1) is 28.9 Å². The molecule has 38 heavy (non-hydrogen) atoms. The smallest absolute Gasteiger partial charge is 0.270 e. The minimum atomic E-state index is -0.108. The molecule has 190 valence electrons. The molecule has 5 rings (SSSR count). The van der Waals surface area contributed by atoms with Gasteiger partial charge in [0, 0.05) is 43.3 Å². The number of nitrogens with zero attached hydrogens (tertiary/aromatic N) is 6. The van der Waals surface area contributed by atoms with Crippen LogP contribution in [0.15, 0.2) is 71.5 Å². The lowest BCUT2D eigenvalue weighted by atomic mass is 9.93. The molecule has 1 saturated heterocycles. The molecule has 0 aliphatic carbocycles. The van der Waals surface area contributed by atoms with Crippen LogP contribution in [0.3, 0.4) is 0 Å². The molecule has 1 unspecified atom stereocenters. The summed E-state index contributed by atoms with van der Waals surface area (Å²) in [4.78, 5) is 25.7. The zero-order valence-electron chi connectivity index (χ0n) is 21.5. The molecule has 2 aromatic carbocycles. The van der Waals surface area contributed by atoms with Gasteiger partial charge in [-0.1, -0.05) is 42.4 Å².